The van der Waals surface area contributed by atoms with Gasteiger partial charge < -0.3 is 10.6 Å². The summed E-state index contributed by atoms with van der Waals surface area (Å²) in [7, 11) is -3.23. The minimum absolute atomic E-state index is 0.151. The Hall–Kier alpha value is -1.85. The second kappa shape index (κ2) is 7.41. The third kappa shape index (κ3) is 3.79. The maximum absolute atomic E-state index is 12.5. The summed E-state index contributed by atoms with van der Waals surface area (Å²) >= 11 is 0. The molecule has 0 unspecified atom stereocenters. The van der Waals surface area contributed by atoms with Gasteiger partial charge in [-0.2, -0.15) is 0 Å². The van der Waals surface area contributed by atoms with Crippen LogP contribution in [0.4, 0.5) is 5.69 Å². The van der Waals surface area contributed by atoms with E-state index >= 15 is 0 Å². The summed E-state index contributed by atoms with van der Waals surface area (Å²) in [6, 6.07) is 15.7. The molecule has 26 heavy (non-hydrogen) atoms. The minimum Gasteiger partial charge on any atom is -0.384 e. The molecule has 2 aliphatic heterocycles. The molecule has 0 saturated carbocycles. The van der Waals surface area contributed by atoms with Crippen LogP contribution < -0.4 is 10.6 Å². The Labute approximate surface area is 155 Å². The van der Waals surface area contributed by atoms with Crippen molar-refractivity contribution in [2.24, 2.45) is 0 Å². The third-order valence-electron chi connectivity index (χ3n) is 5.59. The number of benzene rings is 2. The third-order valence-corrected chi connectivity index (χ3v) is 7.32. The van der Waals surface area contributed by atoms with E-state index in [0.717, 1.165) is 25.1 Å². The fourth-order valence-electron chi connectivity index (χ4n) is 4.12. The van der Waals surface area contributed by atoms with Gasteiger partial charge in [0.1, 0.15) is 0 Å². The van der Waals surface area contributed by atoms with Gasteiger partial charge in [0, 0.05) is 24.2 Å². The van der Waals surface area contributed by atoms with Gasteiger partial charge in [-0.3, -0.25) is 0 Å². The number of hydrogen-bond acceptors (Lipinski definition) is 4. The number of aryl methyl sites for hydroxylation is 1. The first-order valence-electron chi connectivity index (χ1n) is 9.50. The molecule has 2 aromatic carbocycles. The normalized spacial score (nSPS) is 22.2. The van der Waals surface area contributed by atoms with Crippen LogP contribution in [-0.2, 0) is 16.3 Å². The Morgan fingerprint density at radius 3 is 2.69 bits per heavy atom. The highest BCUT2D eigenvalue weighted by atomic mass is 32.2. The molecule has 0 aliphatic carbocycles. The number of hydrogen-bond donors (Lipinski definition) is 2. The molecule has 2 aliphatic rings. The summed E-state index contributed by atoms with van der Waals surface area (Å²) < 4.78 is 25.0. The van der Waals surface area contributed by atoms with E-state index in [0.29, 0.717) is 23.3 Å². The first kappa shape index (κ1) is 17.6. The zero-order valence-corrected chi connectivity index (χ0v) is 15.8. The Balaban J connectivity index is 1.45. The number of nitrogens with one attached hydrogen (secondary N) is 2. The van der Waals surface area contributed by atoms with Gasteiger partial charge in [-0.1, -0.05) is 30.3 Å². The lowest BCUT2D eigenvalue weighted by Gasteiger charge is -2.16. The Kier molecular flexibility index (Phi) is 5.00. The molecule has 2 heterocycles. The van der Waals surface area contributed by atoms with Gasteiger partial charge in [0.2, 0.25) is 0 Å². The van der Waals surface area contributed by atoms with Gasteiger partial charge in [-0.25, -0.2) is 8.42 Å². The van der Waals surface area contributed by atoms with Crippen LogP contribution in [0.3, 0.4) is 0 Å². The SMILES string of the molecule is O=S(=O)(CCc1ccc2c(c1)[C@H](C[C@H]1CCCN1)CN2)c1ccccc1. The average molecular weight is 371 g/mol. The molecule has 0 radical (unpaired) electrons. The molecule has 1 saturated heterocycles. The van der Waals surface area contributed by atoms with E-state index in [-0.39, 0.29) is 5.75 Å². The first-order chi connectivity index (χ1) is 12.6. The zero-order chi connectivity index (χ0) is 18.0. The van der Waals surface area contributed by atoms with Crippen LogP contribution in [0.2, 0.25) is 0 Å². The van der Waals surface area contributed by atoms with Crippen molar-refractivity contribution in [1.29, 1.82) is 0 Å². The van der Waals surface area contributed by atoms with Crippen LogP contribution in [0.5, 0.6) is 0 Å². The van der Waals surface area contributed by atoms with Crippen LogP contribution in [-0.4, -0.2) is 33.3 Å². The highest BCUT2D eigenvalue weighted by molar-refractivity contribution is 7.91. The molecule has 0 bridgehead atoms. The van der Waals surface area contributed by atoms with Crippen molar-refractivity contribution in [2.45, 2.75) is 42.5 Å². The summed E-state index contributed by atoms with van der Waals surface area (Å²) in [6.45, 7) is 2.12. The second-order valence-electron chi connectivity index (χ2n) is 7.41. The molecule has 2 atom stereocenters. The topological polar surface area (TPSA) is 58.2 Å². The summed E-state index contributed by atoms with van der Waals surface area (Å²) in [6.07, 6.45) is 4.25. The van der Waals surface area contributed by atoms with Crippen molar-refractivity contribution < 1.29 is 8.42 Å². The molecule has 4 nitrogen and oxygen atoms in total. The van der Waals surface area contributed by atoms with Crippen LogP contribution in [0.1, 0.15) is 36.3 Å². The number of sulfone groups is 1. The molecular weight excluding hydrogens is 344 g/mol. The highest BCUT2D eigenvalue weighted by Crippen LogP contribution is 2.36. The van der Waals surface area contributed by atoms with Gasteiger partial charge in [-0.15, -0.1) is 0 Å². The lowest BCUT2D eigenvalue weighted by atomic mass is 9.92. The smallest absolute Gasteiger partial charge is 0.178 e. The van der Waals surface area contributed by atoms with Crippen LogP contribution in [0, 0.1) is 0 Å². The zero-order valence-electron chi connectivity index (χ0n) is 14.9. The highest BCUT2D eigenvalue weighted by Gasteiger charge is 2.27. The van der Waals surface area contributed by atoms with E-state index in [2.05, 4.69) is 28.8 Å². The Morgan fingerprint density at radius 2 is 1.92 bits per heavy atom. The van der Waals surface area contributed by atoms with E-state index < -0.39 is 9.84 Å². The molecule has 0 spiro atoms. The average Bonchev–Trinajstić information content (AvgIpc) is 3.31. The number of rotatable bonds is 6. The van der Waals surface area contributed by atoms with E-state index in [1.54, 1.807) is 24.3 Å². The summed E-state index contributed by atoms with van der Waals surface area (Å²) in [4.78, 5) is 0.410. The minimum atomic E-state index is -3.23. The van der Waals surface area contributed by atoms with E-state index in [1.165, 1.54) is 24.1 Å². The lowest BCUT2D eigenvalue weighted by molar-refractivity contribution is 0.509. The molecule has 4 rings (SSSR count). The Morgan fingerprint density at radius 1 is 1.08 bits per heavy atom. The van der Waals surface area contributed by atoms with Gasteiger partial charge >= 0.3 is 0 Å². The second-order valence-corrected chi connectivity index (χ2v) is 9.52. The number of anilines is 1. The van der Waals surface area contributed by atoms with E-state index in [9.17, 15) is 8.42 Å². The van der Waals surface area contributed by atoms with Crippen molar-refractivity contribution in [2.75, 3.05) is 24.2 Å². The number of fused-ring (bicyclic) bond motifs is 1. The van der Waals surface area contributed by atoms with Gasteiger partial charge in [0.05, 0.1) is 10.6 Å². The first-order valence-corrected chi connectivity index (χ1v) is 11.1. The van der Waals surface area contributed by atoms with Crippen molar-refractivity contribution in [1.82, 2.24) is 5.32 Å². The van der Waals surface area contributed by atoms with Crippen molar-refractivity contribution >= 4 is 15.5 Å². The summed E-state index contributed by atoms with van der Waals surface area (Å²) in [5, 5.41) is 7.09. The van der Waals surface area contributed by atoms with E-state index in [1.807, 2.05) is 6.07 Å². The lowest BCUT2D eigenvalue weighted by Crippen LogP contribution is -2.24. The van der Waals surface area contributed by atoms with Crippen LogP contribution in [0.15, 0.2) is 53.4 Å². The molecule has 138 valence electrons. The largest absolute Gasteiger partial charge is 0.384 e. The molecular formula is C21H26N2O2S. The van der Waals surface area contributed by atoms with E-state index in [4.69, 9.17) is 0 Å². The molecule has 1 fully saturated rings. The van der Waals surface area contributed by atoms with Crippen LogP contribution >= 0.6 is 0 Å². The predicted molar refractivity (Wildman–Crippen MR) is 106 cm³/mol. The van der Waals surface area contributed by atoms with Gasteiger partial charge in [0.25, 0.3) is 0 Å². The standard InChI is InChI=1S/C21H26N2O2S/c24-26(25,19-6-2-1-3-7-19)12-10-16-8-9-21-20(13-16)17(15-23-21)14-18-5-4-11-22-18/h1-3,6-9,13,17-18,22-23H,4-5,10-12,14-15H2/t17-,18-/m1/s1. The van der Waals surface area contributed by atoms with Crippen molar-refractivity contribution in [3.05, 3.63) is 59.7 Å². The fraction of sp³-hybridized carbons (Fsp3) is 0.429. The predicted octanol–water partition coefficient (Wildman–Crippen LogP) is 3.35. The molecule has 5 heteroatoms. The molecule has 0 amide bonds. The fourth-order valence-corrected chi connectivity index (χ4v) is 5.43. The molecule has 0 aromatic heterocycles. The summed E-state index contributed by atoms with van der Waals surface area (Å²) in [5.41, 5.74) is 3.67. The molecule has 2 N–H and O–H groups in total. The quantitative estimate of drug-likeness (QED) is 0.819. The maximum Gasteiger partial charge on any atom is 0.178 e. The van der Waals surface area contributed by atoms with Gasteiger partial charge in [-0.05, 0) is 61.6 Å². The van der Waals surface area contributed by atoms with Crippen LogP contribution in [0.25, 0.3) is 0 Å². The van der Waals surface area contributed by atoms with Crippen molar-refractivity contribution in [3.8, 4) is 0 Å². The van der Waals surface area contributed by atoms with Crippen molar-refractivity contribution in [3.63, 3.8) is 0 Å². The summed E-state index contributed by atoms with van der Waals surface area (Å²) in [5.74, 6) is 0.671. The maximum atomic E-state index is 12.5. The Bertz CT molecular complexity index is 859. The van der Waals surface area contributed by atoms with Gasteiger partial charge in [0.15, 0.2) is 9.84 Å². The molecule has 2 aromatic rings. The monoisotopic (exact) mass is 370 g/mol.